The van der Waals surface area contributed by atoms with Crippen molar-refractivity contribution >= 4 is 17.6 Å². The lowest BCUT2D eigenvalue weighted by Crippen LogP contribution is -2.40. The summed E-state index contributed by atoms with van der Waals surface area (Å²) in [6.07, 6.45) is 0.704. The van der Waals surface area contributed by atoms with E-state index in [0.29, 0.717) is 52.2 Å². The van der Waals surface area contributed by atoms with E-state index in [4.69, 9.17) is 10.2 Å². The zero-order chi connectivity index (χ0) is 20.5. The lowest BCUT2D eigenvalue weighted by molar-refractivity contribution is -0.384. The molecule has 1 aliphatic heterocycles. The fourth-order valence-corrected chi connectivity index (χ4v) is 3.18. The minimum atomic E-state index is -0.901. The van der Waals surface area contributed by atoms with Gasteiger partial charge >= 0.3 is 11.9 Å². The number of carboxylic acids is 2. The molecule has 0 radical (unpaired) electrons. The number of aliphatic carboxylic acids is 2. The number of rotatable bonds is 8. The van der Waals surface area contributed by atoms with E-state index in [1.54, 1.807) is 12.1 Å². The fourth-order valence-electron chi connectivity index (χ4n) is 3.18. The first-order chi connectivity index (χ1) is 13.3. The summed E-state index contributed by atoms with van der Waals surface area (Å²) in [5.74, 6) is -1.80. The van der Waals surface area contributed by atoms with Crippen LogP contribution in [0.2, 0.25) is 0 Å². The molecule has 10 nitrogen and oxygen atoms in total. The van der Waals surface area contributed by atoms with Crippen LogP contribution in [0.3, 0.4) is 0 Å². The molecule has 0 atom stereocenters. The van der Waals surface area contributed by atoms with Crippen molar-refractivity contribution in [2.24, 2.45) is 0 Å². The number of nitrogens with zero attached hydrogens (tertiary/aromatic N) is 4. The first kappa shape index (κ1) is 21.7. The Bertz CT molecular complexity index is 653. The van der Waals surface area contributed by atoms with Crippen molar-refractivity contribution in [1.82, 2.24) is 14.7 Å². The van der Waals surface area contributed by atoms with Crippen molar-refractivity contribution < 1.29 is 24.7 Å². The van der Waals surface area contributed by atoms with Crippen LogP contribution < -0.4 is 0 Å². The quantitative estimate of drug-likeness (QED) is 0.470. The standard InChI is InChI=1S/C18H26N4O6/c23-17(24)13-20-9-7-19(8-10-21(12-11-20)14-18(25)26)6-5-15-1-3-16(4-2-15)22(27)28/h1-4H,5-14H2,(H,23,24)(H,25,26). The van der Waals surface area contributed by atoms with Gasteiger partial charge in [-0.2, -0.15) is 0 Å². The fraction of sp³-hybridized carbons (Fsp3) is 0.556. The Balaban J connectivity index is 1.97. The van der Waals surface area contributed by atoms with E-state index in [-0.39, 0.29) is 18.8 Å². The second kappa shape index (κ2) is 10.7. The molecule has 1 saturated heterocycles. The average molecular weight is 394 g/mol. The van der Waals surface area contributed by atoms with Gasteiger partial charge in [-0.15, -0.1) is 0 Å². The minimum absolute atomic E-state index is 0.0557. The maximum atomic E-state index is 11.1. The molecule has 154 valence electrons. The lowest BCUT2D eigenvalue weighted by atomic mass is 10.1. The Morgan fingerprint density at radius 1 is 0.857 bits per heavy atom. The number of hydrogen-bond acceptors (Lipinski definition) is 7. The van der Waals surface area contributed by atoms with E-state index >= 15 is 0 Å². The van der Waals surface area contributed by atoms with Crippen molar-refractivity contribution in [3.63, 3.8) is 0 Å². The Labute approximate surface area is 163 Å². The molecule has 1 aromatic rings. The van der Waals surface area contributed by atoms with Gasteiger partial charge in [0, 0.05) is 57.9 Å². The molecular weight excluding hydrogens is 368 g/mol. The Morgan fingerprint density at radius 3 is 1.68 bits per heavy atom. The molecule has 1 aromatic carbocycles. The molecule has 2 N–H and O–H groups in total. The zero-order valence-corrected chi connectivity index (χ0v) is 15.7. The monoisotopic (exact) mass is 394 g/mol. The summed E-state index contributed by atoms with van der Waals surface area (Å²) in [5.41, 5.74) is 1.04. The molecule has 1 heterocycles. The molecule has 0 spiro atoms. The highest BCUT2D eigenvalue weighted by Gasteiger charge is 2.19. The van der Waals surface area contributed by atoms with E-state index in [1.807, 2.05) is 9.80 Å². The van der Waals surface area contributed by atoms with Gasteiger partial charge < -0.3 is 15.1 Å². The van der Waals surface area contributed by atoms with Crippen LogP contribution >= 0.6 is 0 Å². The third-order valence-electron chi connectivity index (χ3n) is 4.78. The second-order valence-electron chi connectivity index (χ2n) is 6.85. The van der Waals surface area contributed by atoms with Gasteiger partial charge in [0.05, 0.1) is 18.0 Å². The van der Waals surface area contributed by atoms with Crippen LogP contribution in [0, 0.1) is 10.1 Å². The molecule has 0 unspecified atom stereocenters. The summed E-state index contributed by atoms with van der Waals surface area (Å²) in [4.78, 5) is 38.3. The molecule has 0 aromatic heterocycles. The van der Waals surface area contributed by atoms with Gasteiger partial charge in [-0.05, 0) is 12.0 Å². The smallest absolute Gasteiger partial charge is 0.317 e. The molecule has 2 rings (SSSR count). The molecule has 10 heteroatoms. The first-order valence-electron chi connectivity index (χ1n) is 9.17. The number of benzene rings is 1. The number of nitro groups is 1. The highest BCUT2D eigenvalue weighted by Crippen LogP contribution is 2.13. The zero-order valence-electron chi connectivity index (χ0n) is 15.7. The van der Waals surface area contributed by atoms with Gasteiger partial charge in [-0.3, -0.25) is 29.5 Å². The molecular formula is C18H26N4O6. The van der Waals surface area contributed by atoms with Gasteiger partial charge in [0.2, 0.25) is 0 Å². The van der Waals surface area contributed by atoms with Crippen molar-refractivity contribution in [1.29, 1.82) is 0 Å². The first-order valence-corrected chi connectivity index (χ1v) is 9.17. The maximum absolute atomic E-state index is 11.1. The van der Waals surface area contributed by atoms with Crippen LogP contribution in [0.1, 0.15) is 5.56 Å². The number of non-ortho nitro benzene ring substituents is 1. The number of nitro benzene ring substituents is 1. The third kappa shape index (κ3) is 7.59. The number of carboxylic acid groups (broad SMARTS) is 2. The molecule has 0 bridgehead atoms. The molecule has 0 amide bonds. The number of carbonyl (C=O) groups is 2. The maximum Gasteiger partial charge on any atom is 0.317 e. The van der Waals surface area contributed by atoms with Crippen molar-refractivity contribution in [3.8, 4) is 0 Å². The summed E-state index contributed by atoms with van der Waals surface area (Å²) in [7, 11) is 0. The highest BCUT2D eigenvalue weighted by molar-refractivity contribution is 5.69. The topological polar surface area (TPSA) is 127 Å². The largest absolute Gasteiger partial charge is 0.480 e. The van der Waals surface area contributed by atoms with Crippen LogP contribution in [-0.2, 0) is 16.0 Å². The second-order valence-corrected chi connectivity index (χ2v) is 6.85. The van der Waals surface area contributed by atoms with E-state index in [2.05, 4.69) is 4.90 Å². The van der Waals surface area contributed by atoms with Crippen molar-refractivity contribution in [2.45, 2.75) is 6.42 Å². The van der Waals surface area contributed by atoms with Crippen LogP contribution in [0.25, 0.3) is 0 Å². The van der Waals surface area contributed by atoms with Gasteiger partial charge in [0.15, 0.2) is 0 Å². The van der Waals surface area contributed by atoms with Crippen LogP contribution in [0.15, 0.2) is 24.3 Å². The van der Waals surface area contributed by atoms with Gasteiger partial charge in [0.1, 0.15) is 0 Å². The van der Waals surface area contributed by atoms with Crippen LogP contribution in [0.5, 0.6) is 0 Å². The molecule has 28 heavy (non-hydrogen) atoms. The Hall–Kier alpha value is -2.56. The highest BCUT2D eigenvalue weighted by atomic mass is 16.6. The van der Waals surface area contributed by atoms with Crippen molar-refractivity contribution in [3.05, 3.63) is 39.9 Å². The SMILES string of the molecule is O=C(O)CN1CCN(CCc2ccc([N+](=O)[O-])cc2)CCN(CC(=O)O)CC1. The molecule has 1 aliphatic rings. The van der Waals surface area contributed by atoms with E-state index in [9.17, 15) is 19.7 Å². The number of hydrogen-bond donors (Lipinski definition) is 2. The summed E-state index contributed by atoms with van der Waals surface area (Å²) >= 11 is 0. The third-order valence-corrected chi connectivity index (χ3v) is 4.78. The average Bonchev–Trinajstić information content (AvgIpc) is 2.71. The summed E-state index contributed by atoms with van der Waals surface area (Å²) in [6, 6.07) is 6.44. The van der Waals surface area contributed by atoms with Crippen molar-refractivity contribution in [2.75, 3.05) is 58.9 Å². The van der Waals surface area contributed by atoms with Crippen LogP contribution in [0.4, 0.5) is 5.69 Å². The normalized spacial score (nSPS) is 17.4. The molecule has 0 saturated carbocycles. The summed E-state index contributed by atoms with van der Waals surface area (Å²) < 4.78 is 0. The van der Waals surface area contributed by atoms with Gasteiger partial charge in [0.25, 0.3) is 5.69 Å². The van der Waals surface area contributed by atoms with Crippen LogP contribution in [-0.4, -0.2) is 101 Å². The lowest BCUT2D eigenvalue weighted by Gasteiger charge is -2.25. The van der Waals surface area contributed by atoms with Gasteiger partial charge in [-0.25, -0.2) is 0 Å². The Morgan fingerprint density at radius 2 is 1.29 bits per heavy atom. The van der Waals surface area contributed by atoms with E-state index in [0.717, 1.165) is 5.56 Å². The van der Waals surface area contributed by atoms with E-state index < -0.39 is 16.9 Å². The summed E-state index contributed by atoms with van der Waals surface area (Å²) in [5, 5.41) is 28.9. The van der Waals surface area contributed by atoms with Gasteiger partial charge in [-0.1, -0.05) is 12.1 Å². The molecule has 1 fully saturated rings. The minimum Gasteiger partial charge on any atom is -0.480 e. The molecule has 0 aliphatic carbocycles. The predicted octanol–water partition coefficient (Wildman–Crippen LogP) is 0.226. The Kier molecular flexibility index (Phi) is 8.30. The predicted molar refractivity (Wildman–Crippen MR) is 101 cm³/mol. The van der Waals surface area contributed by atoms with E-state index in [1.165, 1.54) is 12.1 Å². The summed E-state index contributed by atoms with van der Waals surface area (Å²) in [6.45, 7) is 4.13.